The van der Waals surface area contributed by atoms with Gasteiger partial charge in [0, 0.05) is 59.4 Å². The number of sulfonamides is 1. The quantitative estimate of drug-likeness (QED) is 0.562. The van der Waals surface area contributed by atoms with Crippen LogP contribution in [0.15, 0.2) is 4.99 Å². The summed E-state index contributed by atoms with van der Waals surface area (Å²) in [6, 6.07) is 0. The second kappa shape index (κ2) is 9.19. The zero-order valence-corrected chi connectivity index (χ0v) is 17.1. The largest absolute Gasteiger partial charge is 0.356 e. The lowest BCUT2D eigenvalue weighted by Gasteiger charge is -2.38. The molecule has 0 spiro atoms. The first-order valence-electron chi connectivity index (χ1n) is 9.42. The summed E-state index contributed by atoms with van der Waals surface area (Å²) in [6.07, 6.45) is 3.13. The highest BCUT2D eigenvalue weighted by atomic mass is 32.2. The van der Waals surface area contributed by atoms with Gasteiger partial charge in [-0.2, -0.15) is 0 Å². The van der Waals surface area contributed by atoms with E-state index in [0.29, 0.717) is 24.9 Å². The van der Waals surface area contributed by atoms with Crippen LogP contribution in [0, 0.1) is 11.8 Å². The number of guanidine groups is 1. The number of nitrogens with zero attached hydrogens (tertiary/aromatic N) is 4. The van der Waals surface area contributed by atoms with Crippen LogP contribution in [0.25, 0.3) is 0 Å². The Balaban J connectivity index is 1.73. The molecule has 8 heteroatoms. The molecule has 2 aliphatic rings. The van der Waals surface area contributed by atoms with E-state index in [1.165, 1.54) is 12.8 Å². The van der Waals surface area contributed by atoms with Gasteiger partial charge in [-0.25, -0.2) is 12.7 Å². The smallest absolute Gasteiger partial charge is 0.211 e. The second-order valence-electron chi connectivity index (χ2n) is 7.72. The molecule has 0 aliphatic carbocycles. The lowest BCUT2D eigenvalue weighted by atomic mass is 9.98. The molecule has 0 saturated carbocycles. The number of nitrogens with one attached hydrogen (secondary N) is 1. The number of rotatable bonds is 5. The van der Waals surface area contributed by atoms with Gasteiger partial charge in [-0.3, -0.25) is 9.89 Å². The van der Waals surface area contributed by atoms with Crippen LogP contribution in [0.4, 0.5) is 0 Å². The van der Waals surface area contributed by atoms with E-state index in [9.17, 15) is 8.42 Å². The maximum atomic E-state index is 11.6. The van der Waals surface area contributed by atoms with Gasteiger partial charge in [-0.1, -0.05) is 13.8 Å². The van der Waals surface area contributed by atoms with Gasteiger partial charge < -0.3 is 10.2 Å². The third-order valence-corrected chi connectivity index (χ3v) is 6.40. The van der Waals surface area contributed by atoms with Crippen molar-refractivity contribution in [3.05, 3.63) is 0 Å². The second-order valence-corrected chi connectivity index (χ2v) is 9.70. The van der Waals surface area contributed by atoms with Crippen LogP contribution in [0.3, 0.4) is 0 Å². The Morgan fingerprint density at radius 2 is 1.72 bits per heavy atom. The van der Waals surface area contributed by atoms with Gasteiger partial charge in [0.05, 0.1) is 6.26 Å². The highest BCUT2D eigenvalue weighted by molar-refractivity contribution is 7.88. The Bertz CT molecular complexity index is 533. The van der Waals surface area contributed by atoms with E-state index in [-0.39, 0.29) is 0 Å². The van der Waals surface area contributed by atoms with Crippen molar-refractivity contribution >= 4 is 16.0 Å². The van der Waals surface area contributed by atoms with Crippen molar-refractivity contribution in [1.82, 2.24) is 19.4 Å². The minimum Gasteiger partial charge on any atom is -0.356 e. The van der Waals surface area contributed by atoms with E-state index in [1.807, 2.05) is 7.05 Å². The molecule has 2 aliphatic heterocycles. The SMILES string of the molecule is CN=C(NCC1CCN(S(C)(=O)=O)CC1)N1CCN(CC(C)C)CC1. The molecule has 0 aromatic rings. The monoisotopic (exact) mass is 373 g/mol. The molecule has 0 radical (unpaired) electrons. The summed E-state index contributed by atoms with van der Waals surface area (Å²) in [4.78, 5) is 9.30. The highest BCUT2D eigenvalue weighted by Gasteiger charge is 2.26. The molecular formula is C17H35N5O2S. The van der Waals surface area contributed by atoms with E-state index in [4.69, 9.17) is 0 Å². The third kappa shape index (κ3) is 6.42. The molecule has 1 N–H and O–H groups in total. The molecule has 2 heterocycles. The normalized spacial score (nSPS) is 22.6. The van der Waals surface area contributed by atoms with Crippen LogP contribution < -0.4 is 5.32 Å². The van der Waals surface area contributed by atoms with Crippen LogP contribution in [0.1, 0.15) is 26.7 Å². The Hall–Kier alpha value is -0.860. The molecule has 2 fully saturated rings. The summed E-state index contributed by atoms with van der Waals surface area (Å²) >= 11 is 0. The van der Waals surface area contributed by atoms with Crippen LogP contribution in [0.2, 0.25) is 0 Å². The number of hydrogen-bond acceptors (Lipinski definition) is 4. The molecule has 0 aromatic carbocycles. The van der Waals surface area contributed by atoms with Crippen molar-refractivity contribution in [3.63, 3.8) is 0 Å². The predicted octanol–water partition coefficient (Wildman–Crippen LogP) is 0.507. The van der Waals surface area contributed by atoms with Crippen molar-refractivity contribution in [1.29, 1.82) is 0 Å². The van der Waals surface area contributed by atoms with Gasteiger partial charge in [-0.15, -0.1) is 0 Å². The van der Waals surface area contributed by atoms with Crippen molar-refractivity contribution < 1.29 is 8.42 Å². The summed E-state index contributed by atoms with van der Waals surface area (Å²) < 4.78 is 24.8. The highest BCUT2D eigenvalue weighted by Crippen LogP contribution is 2.18. The molecule has 2 saturated heterocycles. The maximum absolute atomic E-state index is 11.6. The van der Waals surface area contributed by atoms with Gasteiger partial charge in [0.15, 0.2) is 5.96 Å². The van der Waals surface area contributed by atoms with Crippen LogP contribution in [0.5, 0.6) is 0 Å². The maximum Gasteiger partial charge on any atom is 0.211 e. The molecule has 25 heavy (non-hydrogen) atoms. The van der Waals surface area contributed by atoms with Crippen molar-refractivity contribution in [2.45, 2.75) is 26.7 Å². The fourth-order valence-electron chi connectivity index (χ4n) is 3.67. The van der Waals surface area contributed by atoms with Crippen molar-refractivity contribution in [2.75, 3.05) is 65.7 Å². The van der Waals surface area contributed by atoms with E-state index in [2.05, 4.69) is 34.0 Å². The number of piperidine rings is 1. The third-order valence-electron chi connectivity index (χ3n) is 5.10. The molecule has 0 amide bonds. The first-order chi connectivity index (χ1) is 11.8. The molecule has 0 unspecified atom stereocenters. The summed E-state index contributed by atoms with van der Waals surface area (Å²) in [5, 5.41) is 3.51. The van der Waals surface area contributed by atoms with Crippen LogP contribution >= 0.6 is 0 Å². The van der Waals surface area contributed by atoms with Gasteiger partial charge >= 0.3 is 0 Å². The molecular weight excluding hydrogens is 338 g/mol. The summed E-state index contributed by atoms with van der Waals surface area (Å²) in [5.41, 5.74) is 0. The molecule has 146 valence electrons. The van der Waals surface area contributed by atoms with Crippen molar-refractivity contribution in [2.24, 2.45) is 16.8 Å². The van der Waals surface area contributed by atoms with E-state index >= 15 is 0 Å². The topological polar surface area (TPSA) is 68.2 Å². The van der Waals surface area contributed by atoms with E-state index in [1.54, 1.807) is 4.31 Å². The standard InChI is InChI=1S/C17H35N5O2S/c1-15(2)14-20-9-11-21(12-10-20)17(18-3)19-13-16-5-7-22(8-6-16)25(4,23)24/h15-16H,5-14H2,1-4H3,(H,18,19). The summed E-state index contributed by atoms with van der Waals surface area (Å²) in [7, 11) is -1.20. The fraction of sp³-hybridized carbons (Fsp3) is 0.941. The van der Waals surface area contributed by atoms with Crippen LogP contribution in [-0.2, 0) is 10.0 Å². The number of aliphatic imine (C=N–C) groups is 1. The minimum atomic E-state index is -3.04. The van der Waals surface area contributed by atoms with Crippen LogP contribution in [-0.4, -0.2) is 94.1 Å². The molecule has 0 atom stereocenters. The average Bonchev–Trinajstić information content (AvgIpc) is 2.56. The Kier molecular flexibility index (Phi) is 7.51. The zero-order chi connectivity index (χ0) is 18.4. The van der Waals surface area contributed by atoms with E-state index in [0.717, 1.165) is 51.5 Å². The lowest BCUT2D eigenvalue weighted by molar-refractivity contribution is 0.163. The van der Waals surface area contributed by atoms with Crippen molar-refractivity contribution in [3.8, 4) is 0 Å². The molecule has 2 rings (SSSR count). The lowest BCUT2D eigenvalue weighted by Crippen LogP contribution is -2.53. The number of hydrogen-bond donors (Lipinski definition) is 1. The average molecular weight is 374 g/mol. The predicted molar refractivity (Wildman–Crippen MR) is 103 cm³/mol. The Labute approximate surface area is 153 Å². The van der Waals surface area contributed by atoms with Gasteiger partial charge in [0.1, 0.15) is 0 Å². The molecule has 7 nitrogen and oxygen atoms in total. The number of piperazine rings is 1. The minimum absolute atomic E-state index is 0.511. The Morgan fingerprint density at radius 3 is 2.20 bits per heavy atom. The fourth-order valence-corrected chi connectivity index (χ4v) is 4.55. The molecule has 0 aromatic heterocycles. The molecule has 0 bridgehead atoms. The Morgan fingerprint density at radius 1 is 1.12 bits per heavy atom. The van der Waals surface area contributed by atoms with Gasteiger partial charge in [0.2, 0.25) is 10.0 Å². The first kappa shape index (κ1) is 20.5. The zero-order valence-electron chi connectivity index (χ0n) is 16.2. The summed E-state index contributed by atoms with van der Waals surface area (Å²) in [5.74, 6) is 2.20. The first-order valence-corrected chi connectivity index (χ1v) is 11.3. The van der Waals surface area contributed by atoms with Gasteiger partial charge in [0.25, 0.3) is 0 Å². The summed E-state index contributed by atoms with van der Waals surface area (Å²) in [6.45, 7) is 12.0. The van der Waals surface area contributed by atoms with Gasteiger partial charge in [-0.05, 0) is 24.7 Å². The van der Waals surface area contributed by atoms with E-state index < -0.39 is 10.0 Å².